The molecular weight excluding hydrogens is 433 g/mol. The summed E-state index contributed by atoms with van der Waals surface area (Å²) in [6, 6.07) is 15.1. The number of ether oxygens (including phenoxy) is 1. The zero-order chi connectivity index (χ0) is 21.8. The second-order valence-electron chi connectivity index (χ2n) is 7.44. The smallest absolute Gasteiger partial charge is 0.258 e. The first-order valence-electron chi connectivity index (χ1n) is 10.1. The highest BCUT2D eigenvalue weighted by molar-refractivity contribution is 6.35. The van der Waals surface area contributed by atoms with E-state index >= 15 is 0 Å². The van der Waals surface area contributed by atoms with Crippen LogP contribution in [0.5, 0.6) is 0 Å². The van der Waals surface area contributed by atoms with Crippen molar-refractivity contribution in [3.05, 3.63) is 87.7 Å². The molecule has 0 saturated carbocycles. The van der Waals surface area contributed by atoms with Crippen LogP contribution >= 0.6 is 23.2 Å². The van der Waals surface area contributed by atoms with E-state index in [4.69, 9.17) is 27.9 Å². The van der Waals surface area contributed by atoms with Gasteiger partial charge in [-0.2, -0.15) is 0 Å². The monoisotopic (exact) mass is 455 g/mol. The van der Waals surface area contributed by atoms with Crippen molar-refractivity contribution < 1.29 is 9.53 Å². The summed E-state index contributed by atoms with van der Waals surface area (Å²) in [6.45, 7) is 5.28. The maximum Gasteiger partial charge on any atom is 0.258 e. The van der Waals surface area contributed by atoms with Crippen molar-refractivity contribution in [1.29, 1.82) is 0 Å². The van der Waals surface area contributed by atoms with Gasteiger partial charge in [-0.15, -0.1) is 0 Å². The molecule has 5 nitrogen and oxygen atoms in total. The number of hydrogen-bond acceptors (Lipinski definition) is 4. The number of amides is 1. The number of pyridine rings is 1. The number of halogens is 2. The largest absolute Gasteiger partial charge is 0.378 e. The molecule has 2 heterocycles. The fraction of sp³-hybridized carbons (Fsp3) is 0.250. The van der Waals surface area contributed by atoms with Crippen LogP contribution in [0.4, 0.5) is 11.4 Å². The summed E-state index contributed by atoms with van der Waals surface area (Å²) in [5.74, 6) is -0.130. The molecule has 0 spiro atoms. The Balaban J connectivity index is 1.75. The van der Waals surface area contributed by atoms with Gasteiger partial charge in [-0.05, 0) is 48.4 Å². The van der Waals surface area contributed by atoms with Crippen LogP contribution in [0.2, 0.25) is 10.0 Å². The maximum absolute atomic E-state index is 13.7. The number of benzene rings is 2. The van der Waals surface area contributed by atoms with E-state index in [-0.39, 0.29) is 5.91 Å². The van der Waals surface area contributed by atoms with Gasteiger partial charge in [0.1, 0.15) is 0 Å². The highest BCUT2D eigenvalue weighted by Gasteiger charge is 2.23. The number of aromatic nitrogens is 1. The Morgan fingerprint density at radius 2 is 1.81 bits per heavy atom. The van der Waals surface area contributed by atoms with E-state index in [1.807, 2.05) is 19.1 Å². The first-order chi connectivity index (χ1) is 15.0. The summed E-state index contributed by atoms with van der Waals surface area (Å²) < 4.78 is 5.51. The number of hydrogen-bond donors (Lipinski definition) is 0. The van der Waals surface area contributed by atoms with Crippen molar-refractivity contribution in [2.75, 3.05) is 36.1 Å². The molecule has 160 valence electrons. The van der Waals surface area contributed by atoms with Gasteiger partial charge in [-0.1, -0.05) is 41.4 Å². The van der Waals surface area contributed by atoms with Crippen molar-refractivity contribution in [2.24, 2.45) is 0 Å². The number of carbonyl (C=O) groups is 1. The van der Waals surface area contributed by atoms with E-state index in [0.29, 0.717) is 41.1 Å². The molecule has 1 saturated heterocycles. The van der Waals surface area contributed by atoms with Crippen LogP contribution in [0.25, 0.3) is 0 Å². The SMILES string of the molecule is Cc1cnccc1C(=O)N(Cc1ccccc1N1CCOCC1)c1cc(Cl)cc(Cl)c1. The van der Waals surface area contributed by atoms with Crippen LogP contribution in [0.3, 0.4) is 0 Å². The third-order valence-corrected chi connectivity index (χ3v) is 5.76. The van der Waals surface area contributed by atoms with Crippen LogP contribution in [-0.2, 0) is 11.3 Å². The molecular formula is C24H23Cl2N3O2. The number of rotatable bonds is 5. The molecule has 31 heavy (non-hydrogen) atoms. The highest BCUT2D eigenvalue weighted by Crippen LogP contribution is 2.31. The third kappa shape index (κ3) is 5.01. The van der Waals surface area contributed by atoms with Gasteiger partial charge in [0.15, 0.2) is 0 Å². The Bertz CT molecular complexity index is 1060. The van der Waals surface area contributed by atoms with Gasteiger partial charge < -0.3 is 14.5 Å². The molecule has 2 aromatic carbocycles. The van der Waals surface area contributed by atoms with Crippen molar-refractivity contribution >= 4 is 40.5 Å². The summed E-state index contributed by atoms with van der Waals surface area (Å²) >= 11 is 12.6. The molecule has 1 aromatic heterocycles. The van der Waals surface area contributed by atoms with E-state index in [2.05, 4.69) is 22.0 Å². The Morgan fingerprint density at radius 1 is 1.10 bits per heavy atom. The molecule has 0 unspecified atom stereocenters. The lowest BCUT2D eigenvalue weighted by Crippen LogP contribution is -2.38. The van der Waals surface area contributed by atoms with Gasteiger partial charge in [0.25, 0.3) is 5.91 Å². The summed E-state index contributed by atoms with van der Waals surface area (Å²) in [7, 11) is 0. The summed E-state index contributed by atoms with van der Waals surface area (Å²) in [4.78, 5) is 21.8. The van der Waals surface area contributed by atoms with Crippen LogP contribution < -0.4 is 9.80 Å². The standard InChI is InChI=1S/C24H23Cl2N3O2/c1-17-15-27-7-6-22(17)24(30)29(21-13-19(25)12-20(26)14-21)16-18-4-2-3-5-23(18)28-8-10-31-11-9-28/h2-7,12-15H,8-11,16H2,1H3. The number of anilines is 2. The fourth-order valence-electron chi connectivity index (χ4n) is 3.76. The summed E-state index contributed by atoms with van der Waals surface area (Å²) in [6.07, 6.45) is 3.32. The minimum Gasteiger partial charge on any atom is -0.378 e. The summed E-state index contributed by atoms with van der Waals surface area (Å²) in [5.41, 5.74) is 4.20. The van der Waals surface area contributed by atoms with Gasteiger partial charge in [0.05, 0.1) is 19.8 Å². The average Bonchev–Trinajstić information content (AvgIpc) is 2.77. The van der Waals surface area contributed by atoms with E-state index in [9.17, 15) is 4.79 Å². The lowest BCUT2D eigenvalue weighted by molar-refractivity contribution is 0.0984. The van der Waals surface area contributed by atoms with E-state index in [1.54, 1.807) is 41.6 Å². The predicted octanol–water partition coefficient (Wildman–Crippen LogP) is 5.38. The fourth-order valence-corrected chi connectivity index (χ4v) is 4.28. The molecule has 0 atom stereocenters. The van der Waals surface area contributed by atoms with Crippen molar-refractivity contribution in [3.63, 3.8) is 0 Å². The number of morpholine rings is 1. The first kappa shape index (κ1) is 21.6. The second-order valence-corrected chi connectivity index (χ2v) is 8.31. The molecule has 0 aliphatic carbocycles. The van der Waals surface area contributed by atoms with Crippen molar-refractivity contribution in [3.8, 4) is 0 Å². The lowest BCUT2D eigenvalue weighted by Gasteiger charge is -2.32. The average molecular weight is 456 g/mol. The third-order valence-electron chi connectivity index (χ3n) is 5.33. The maximum atomic E-state index is 13.7. The van der Waals surface area contributed by atoms with Crippen LogP contribution in [0.15, 0.2) is 60.9 Å². The Labute approximate surface area is 192 Å². The van der Waals surface area contributed by atoms with Crippen molar-refractivity contribution in [1.82, 2.24) is 4.98 Å². The molecule has 0 radical (unpaired) electrons. The number of nitrogens with zero attached hydrogens (tertiary/aromatic N) is 3. The molecule has 7 heteroatoms. The Hall–Kier alpha value is -2.60. The molecule has 4 rings (SSSR count). The number of aryl methyl sites for hydroxylation is 1. The van der Waals surface area contributed by atoms with Gasteiger partial charge >= 0.3 is 0 Å². The van der Waals surface area contributed by atoms with Crippen LogP contribution in [0, 0.1) is 6.92 Å². The minimum atomic E-state index is -0.130. The Morgan fingerprint density at radius 3 is 2.52 bits per heavy atom. The molecule has 0 N–H and O–H groups in total. The minimum absolute atomic E-state index is 0.130. The molecule has 1 aliphatic rings. The van der Waals surface area contributed by atoms with Gasteiger partial charge in [0.2, 0.25) is 0 Å². The van der Waals surface area contributed by atoms with Gasteiger partial charge in [0, 0.05) is 52.5 Å². The van der Waals surface area contributed by atoms with Gasteiger partial charge in [-0.3, -0.25) is 9.78 Å². The zero-order valence-electron chi connectivity index (χ0n) is 17.2. The number of para-hydroxylation sites is 1. The van der Waals surface area contributed by atoms with Crippen LogP contribution in [0.1, 0.15) is 21.5 Å². The molecule has 1 amide bonds. The number of carbonyl (C=O) groups excluding carboxylic acids is 1. The highest BCUT2D eigenvalue weighted by atomic mass is 35.5. The second kappa shape index (κ2) is 9.69. The molecule has 1 aliphatic heterocycles. The zero-order valence-corrected chi connectivity index (χ0v) is 18.7. The topological polar surface area (TPSA) is 45.7 Å². The lowest BCUT2D eigenvalue weighted by atomic mass is 10.1. The predicted molar refractivity (Wildman–Crippen MR) is 125 cm³/mol. The normalized spacial score (nSPS) is 13.8. The van der Waals surface area contributed by atoms with E-state index < -0.39 is 0 Å². The Kier molecular flexibility index (Phi) is 6.76. The van der Waals surface area contributed by atoms with E-state index in [1.165, 1.54) is 0 Å². The van der Waals surface area contributed by atoms with Gasteiger partial charge in [-0.25, -0.2) is 0 Å². The quantitative estimate of drug-likeness (QED) is 0.517. The molecule has 0 bridgehead atoms. The first-order valence-corrected chi connectivity index (χ1v) is 10.9. The molecule has 1 fully saturated rings. The van der Waals surface area contributed by atoms with Crippen LogP contribution in [-0.4, -0.2) is 37.2 Å². The van der Waals surface area contributed by atoms with E-state index in [0.717, 1.165) is 29.9 Å². The summed E-state index contributed by atoms with van der Waals surface area (Å²) in [5, 5.41) is 0.960. The molecule has 3 aromatic rings. The van der Waals surface area contributed by atoms with Crippen molar-refractivity contribution in [2.45, 2.75) is 13.5 Å².